The molecular formula is C20H18BrN3O2S. The van der Waals surface area contributed by atoms with Gasteiger partial charge < -0.3 is 10.4 Å². The van der Waals surface area contributed by atoms with Gasteiger partial charge in [0.25, 0.3) is 0 Å². The van der Waals surface area contributed by atoms with Crippen LogP contribution in [0.4, 0.5) is 11.5 Å². The maximum Gasteiger partial charge on any atom is 0.335 e. The minimum absolute atomic E-state index is 0.241. The fourth-order valence-corrected chi connectivity index (χ4v) is 4.07. The van der Waals surface area contributed by atoms with Gasteiger partial charge in [-0.3, -0.25) is 0 Å². The summed E-state index contributed by atoms with van der Waals surface area (Å²) in [4.78, 5) is 21.4. The molecule has 0 aliphatic heterocycles. The van der Waals surface area contributed by atoms with Gasteiger partial charge in [-0.1, -0.05) is 6.08 Å². The highest BCUT2D eigenvalue weighted by Gasteiger charge is 2.15. The summed E-state index contributed by atoms with van der Waals surface area (Å²) < 4.78 is 1.06. The molecule has 138 valence electrons. The number of allylic oxidation sites excluding steroid dienone is 1. The van der Waals surface area contributed by atoms with Crippen LogP contribution in [-0.4, -0.2) is 21.0 Å². The number of carboxylic acids is 1. The number of nitrogens with zero attached hydrogens (tertiary/aromatic N) is 2. The third-order valence-corrected chi connectivity index (χ3v) is 6.17. The maximum atomic E-state index is 11.0. The molecule has 0 atom stereocenters. The van der Waals surface area contributed by atoms with Gasteiger partial charge in [0.2, 0.25) is 0 Å². The smallest absolute Gasteiger partial charge is 0.335 e. The second kappa shape index (κ2) is 8.02. The van der Waals surface area contributed by atoms with Crippen LogP contribution in [0.2, 0.25) is 0 Å². The fourth-order valence-electron chi connectivity index (χ4n) is 2.60. The Morgan fingerprint density at radius 1 is 1.30 bits per heavy atom. The monoisotopic (exact) mass is 443 g/mol. The molecular weight excluding hydrogens is 426 g/mol. The van der Waals surface area contributed by atoms with Crippen LogP contribution in [0.5, 0.6) is 0 Å². The van der Waals surface area contributed by atoms with Crippen LogP contribution in [0.15, 0.2) is 46.8 Å². The number of hydrogen-bond donors (Lipinski definition) is 2. The predicted octanol–water partition coefficient (Wildman–Crippen LogP) is 5.75. The molecule has 3 aromatic rings. The number of carboxylic acid groups (broad SMARTS) is 1. The van der Waals surface area contributed by atoms with E-state index in [1.165, 1.54) is 0 Å². The van der Waals surface area contributed by atoms with Gasteiger partial charge in [0.1, 0.15) is 5.82 Å². The van der Waals surface area contributed by atoms with Crippen molar-refractivity contribution in [1.29, 1.82) is 0 Å². The molecule has 0 amide bonds. The molecule has 3 rings (SSSR count). The van der Waals surface area contributed by atoms with E-state index in [2.05, 4.69) is 38.9 Å². The topological polar surface area (TPSA) is 75.1 Å². The van der Waals surface area contributed by atoms with Crippen molar-refractivity contribution in [3.05, 3.63) is 69.2 Å². The molecule has 0 spiro atoms. The van der Waals surface area contributed by atoms with E-state index < -0.39 is 5.97 Å². The molecule has 5 nitrogen and oxygen atoms in total. The SMILES string of the molecule is C=CCc1c(C)nc(-c2cc(C)c(Br)s2)nc1Nc1ccc(C(=O)O)cc1. The number of aryl methyl sites for hydroxylation is 2. The van der Waals surface area contributed by atoms with Crippen LogP contribution >= 0.6 is 27.3 Å². The Morgan fingerprint density at radius 2 is 2.00 bits per heavy atom. The number of halogens is 1. The third kappa shape index (κ3) is 4.26. The van der Waals surface area contributed by atoms with Gasteiger partial charge in [-0.05, 0) is 72.1 Å². The van der Waals surface area contributed by atoms with Crippen molar-refractivity contribution < 1.29 is 9.90 Å². The highest BCUT2D eigenvalue weighted by Crippen LogP contribution is 2.34. The van der Waals surface area contributed by atoms with Crippen LogP contribution in [-0.2, 0) is 6.42 Å². The summed E-state index contributed by atoms with van der Waals surface area (Å²) in [6.45, 7) is 7.81. The molecule has 0 saturated heterocycles. The summed E-state index contributed by atoms with van der Waals surface area (Å²) in [5, 5.41) is 12.3. The van der Waals surface area contributed by atoms with Crippen LogP contribution in [0, 0.1) is 13.8 Å². The highest BCUT2D eigenvalue weighted by atomic mass is 79.9. The lowest BCUT2D eigenvalue weighted by molar-refractivity contribution is 0.0697. The van der Waals surface area contributed by atoms with Crippen molar-refractivity contribution in [1.82, 2.24) is 9.97 Å². The summed E-state index contributed by atoms with van der Waals surface area (Å²) in [5.41, 5.74) is 3.99. The first-order valence-electron chi connectivity index (χ1n) is 8.24. The highest BCUT2D eigenvalue weighted by molar-refractivity contribution is 9.11. The summed E-state index contributed by atoms with van der Waals surface area (Å²) >= 11 is 5.14. The lowest BCUT2D eigenvalue weighted by atomic mass is 10.1. The lowest BCUT2D eigenvalue weighted by Crippen LogP contribution is -2.05. The molecule has 2 heterocycles. The van der Waals surface area contributed by atoms with Crippen molar-refractivity contribution in [2.24, 2.45) is 0 Å². The average molecular weight is 444 g/mol. The number of hydrogen-bond acceptors (Lipinski definition) is 5. The number of aromatic carboxylic acids is 1. The van der Waals surface area contributed by atoms with Crippen LogP contribution in [0.1, 0.15) is 27.2 Å². The molecule has 0 aliphatic carbocycles. The number of rotatable bonds is 6. The van der Waals surface area contributed by atoms with Gasteiger partial charge in [-0.25, -0.2) is 14.8 Å². The first-order chi connectivity index (χ1) is 12.9. The van der Waals surface area contributed by atoms with Crippen molar-refractivity contribution in [3.63, 3.8) is 0 Å². The molecule has 27 heavy (non-hydrogen) atoms. The quantitative estimate of drug-likeness (QED) is 0.473. The number of anilines is 2. The van der Waals surface area contributed by atoms with Gasteiger partial charge in [0.15, 0.2) is 5.82 Å². The first kappa shape index (κ1) is 19.3. The second-order valence-electron chi connectivity index (χ2n) is 6.03. The molecule has 7 heteroatoms. The average Bonchev–Trinajstić information content (AvgIpc) is 2.97. The zero-order valence-corrected chi connectivity index (χ0v) is 17.3. The molecule has 0 unspecified atom stereocenters. The Balaban J connectivity index is 2.02. The minimum atomic E-state index is -0.951. The van der Waals surface area contributed by atoms with Crippen LogP contribution in [0.3, 0.4) is 0 Å². The molecule has 1 aromatic carbocycles. The van der Waals surface area contributed by atoms with Gasteiger partial charge in [-0.15, -0.1) is 17.9 Å². The van der Waals surface area contributed by atoms with E-state index in [4.69, 9.17) is 10.1 Å². The minimum Gasteiger partial charge on any atom is -0.478 e. The maximum absolute atomic E-state index is 11.0. The Bertz CT molecular complexity index is 993. The Hall–Kier alpha value is -2.51. The van der Waals surface area contributed by atoms with Crippen molar-refractivity contribution in [2.75, 3.05) is 5.32 Å². The van der Waals surface area contributed by atoms with Gasteiger partial charge in [0.05, 0.1) is 14.2 Å². The van der Waals surface area contributed by atoms with E-state index in [0.29, 0.717) is 18.1 Å². The van der Waals surface area contributed by atoms with E-state index in [0.717, 1.165) is 31.2 Å². The molecule has 0 fully saturated rings. The van der Waals surface area contributed by atoms with Crippen molar-refractivity contribution in [2.45, 2.75) is 20.3 Å². The fraction of sp³-hybridized carbons (Fsp3) is 0.150. The molecule has 2 N–H and O–H groups in total. The summed E-state index contributed by atoms with van der Waals surface area (Å²) in [6, 6.07) is 8.63. The van der Waals surface area contributed by atoms with Gasteiger partial charge >= 0.3 is 5.97 Å². The standard InChI is InChI=1S/C20H18BrN3O2S/c1-4-5-15-12(3)22-19(16-10-11(2)17(21)27-16)24-18(15)23-14-8-6-13(7-9-14)20(25)26/h4,6-10H,1,5H2,2-3H3,(H,25,26)(H,22,23,24). The zero-order valence-electron chi connectivity index (χ0n) is 14.9. The number of benzene rings is 1. The van der Waals surface area contributed by atoms with Gasteiger partial charge in [0, 0.05) is 16.9 Å². The second-order valence-corrected chi connectivity index (χ2v) is 8.40. The Kier molecular flexibility index (Phi) is 5.72. The number of thiophene rings is 1. The lowest BCUT2D eigenvalue weighted by Gasteiger charge is -2.14. The predicted molar refractivity (Wildman–Crippen MR) is 113 cm³/mol. The molecule has 0 radical (unpaired) electrons. The van der Waals surface area contributed by atoms with E-state index in [1.807, 2.05) is 19.9 Å². The number of carbonyl (C=O) groups is 1. The van der Waals surface area contributed by atoms with E-state index in [-0.39, 0.29) is 5.56 Å². The summed E-state index contributed by atoms with van der Waals surface area (Å²) in [6.07, 6.45) is 2.45. The van der Waals surface area contributed by atoms with Crippen molar-refractivity contribution in [3.8, 4) is 10.7 Å². The summed E-state index contributed by atoms with van der Waals surface area (Å²) in [7, 11) is 0. The third-order valence-electron chi connectivity index (χ3n) is 4.03. The molecule has 0 aliphatic rings. The van der Waals surface area contributed by atoms with E-state index >= 15 is 0 Å². The summed E-state index contributed by atoms with van der Waals surface area (Å²) in [5.74, 6) is 0.402. The molecule has 2 aromatic heterocycles. The van der Waals surface area contributed by atoms with Gasteiger partial charge in [-0.2, -0.15) is 0 Å². The largest absolute Gasteiger partial charge is 0.478 e. The number of nitrogens with one attached hydrogen (secondary N) is 1. The number of aromatic nitrogens is 2. The Morgan fingerprint density at radius 3 is 2.56 bits per heavy atom. The normalized spacial score (nSPS) is 10.6. The van der Waals surface area contributed by atoms with Crippen LogP contribution in [0.25, 0.3) is 10.7 Å². The molecule has 0 saturated carbocycles. The molecule has 0 bridgehead atoms. The van der Waals surface area contributed by atoms with E-state index in [1.54, 1.807) is 35.6 Å². The van der Waals surface area contributed by atoms with Crippen LogP contribution < -0.4 is 5.32 Å². The van der Waals surface area contributed by atoms with Crippen molar-refractivity contribution >= 4 is 44.7 Å². The Labute approximate surface area is 169 Å². The zero-order chi connectivity index (χ0) is 19.6. The first-order valence-corrected chi connectivity index (χ1v) is 9.85. The van der Waals surface area contributed by atoms with E-state index in [9.17, 15) is 4.79 Å².